The van der Waals surface area contributed by atoms with E-state index in [4.69, 9.17) is 16.3 Å². The van der Waals surface area contributed by atoms with Gasteiger partial charge in [-0.1, -0.05) is 42.3 Å². The summed E-state index contributed by atoms with van der Waals surface area (Å²) in [6.07, 6.45) is 4.13. The van der Waals surface area contributed by atoms with E-state index in [1.165, 1.54) is 18.4 Å². The molecule has 1 aliphatic carbocycles. The highest BCUT2D eigenvalue weighted by atomic mass is 35.5. The molecule has 3 rings (SSSR count). The van der Waals surface area contributed by atoms with Crippen molar-refractivity contribution in [3.63, 3.8) is 0 Å². The Morgan fingerprint density at radius 1 is 1.20 bits per heavy atom. The molecule has 1 aliphatic rings. The van der Waals surface area contributed by atoms with Crippen molar-refractivity contribution in [2.75, 3.05) is 13.7 Å². The van der Waals surface area contributed by atoms with E-state index in [2.05, 4.69) is 23.5 Å². The first-order chi connectivity index (χ1) is 12.2. The summed E-state index contributed by atoms with van der Waals surface area (Å²) in [7, 11) is 1.71. The molecule has 0 heterocycles. The molecule has 0 amide bonds. The summed E-state index contributed by atoms with van der Waals surface area (Å²) in [5.41, 5.74) is 2.21. The Labute approximate surface area is 155 Å². The van der Waals surface area contributed by atoms with Crippen molar-refractivity contribution in [3.8, 4) is 5.75 Å². The lowest BCUT2D eigenvalue weighted by atomic mass is 9.81. The lowest BCUT2D eigenvalue weighted by Gasteiger charge is -2.31. The fraction of sp³-hybridized carbons (Fsp3) is 0.429. The number of nitrogens with one attached hydrogen (secondary N) is 1. The third-order valence-electron chi connectivity index (χ3n) is 5.07. The van der Waals surface area contributed by atoms with Crippen LogP contribution in [0, 0.1) is 0 Å². The summed E-state index contributed by atoms with van der Waals surface area (Å²) in [5, 5.41) is 14.6. The topological polar surface area (TPSA) is 41.5 Å². The summed E-state index contributed by atoms with van der Waals surface area (Å²) in [5.74, 6) is 1.47. The zero-order valence-corrected chi connectivity index (χ0v) is 15.4. The highest BCUT2D eigenvalue weighted by Crippen LogP contribution is 2.34. The zero-order chi connectivity index (χ0) is 17.6. The summed E-state index contributed by atoms with van der Waals surface area (Å²) in [6.45, 7) is 0.551. The van der Waals surface area contributed by atoms with Gasteiger partial charge in [-0.3, -0.25) is 0 Å². The van der Waals surface area contributed by atoms with Crippen LogP contribution in [-0.4, -0.2) is 24.8 Å². The molecule has 4 heteroatoms. The van der Waals surface area contributed by atoms with E-state index in [1.807, 2.05) is 30.3 Å². The van der Waals surface area contributed by atoms with E-state index in [1.54, 1.807) is 7.11 Å². The van der Waals surface area contributed by atoms with Gasteiger partial charge < -0.3 is 15.2 Å². The van der Waals surface area contributed by atoms with Gasteiger partial charge in [0, 0.05) is 17.6 Å². The van der Waals surface area contributed by atoms with E-state index < -0.39 is 6.10 Å². The number of rotatable bonds is 6. The molecule has 0 radical (unpaired) electrons. The Bertz CT molecular complexity index is 691. The van der Waals surface area contributed by atoms with Gasteiger partial charge in [-0.25, -0.2) is 0 Å². The lowest BCUT2D eigenvalue weighted by molar-refractivity contribution is 0.164. The van der Waals surface area contributed by atoms with Crippen LogP contribution in [0.2, 0.25) is 5.02 Å². The maximum absolute atomic E-state index is 10.4. The van der Waals surface area contributed by atoms with Gasteiger partial charge in [0.05, 0.1) is 13.2 Å². The van der Waals surface area contributed by atoms with Gasteiger partial charge in [0.25, 0.3) is 0 Å². The monoisotopic (exact) mass is 359 g/mol. The minimum atomic E-state index is -0.532. The summed E-state index contributed by atoms with van der Waals surface area (Å²) >= 11 is 6.01. The largest absolute Gasteiger partial charge is 0.497 e. The molecule has 0 aromatic heterocycles. The predicted octanol–water partition coefficient (Wildman–Crippen LogP) is 4.70. The van der Waals surface area contributed by atoms with E-state index in [-0.39, 0.29) is 0 Å². The molecule has 1 saturated carbocycles. The van der Waals surface area contributed by atoms with Gasteiger partial charge in [0.15, 0.2) is 0 Å². The minimum absolute atomic E-state index is 0.429. The first kappa shape index (κ1) is 18.2. The molecule has 2 aromatic carbocycles. The third kappa shape index (κ3) is 4.97. The molecule has 0 bridgehead atoms. The quantitative estimate of drug-likeness (QED) is 0.785. The third-order valence-corrected chi connectivity index (χ3v) is 5.31. The number of methoxy groups -OCH3 is 1. The Morgan fingerprint density at radius 2 is 2.04 bits per heavy atom. The Morgan fingerprint density at radius 3 is 2.84 bits per heavy atom. The van der Waals surface area contributed by atoms with Crippen molar-refractivity contribution in [3.05, 3.63) is 64.7 Å². The van der Waals surface area contributed by atoms with Crippen LogP contribution >= 0.6 is 11.6 Å². The second kappa shape index (κ2) is 8.70. The van der Waals surface area contributed by atoms with Crippen LogP contribution in [0.25, 0.3) is 0 Å². The van der Waals surface area contributed by atoms with E-state index >= 15 is 0 Å². The molecule has 3 nitrogen and oxygen atoms in total. The fourth-order valence-electron chi connectivity index (χ4n) is 3.68. The normalized spacial score (nSPS) is 21.7. The van der Waals surface area contributed by atoms with Crippen LogP contribution in [0.15, 0.2) is 48.5 Å². The van der Waals surface area contributed by atoms with Crippen LogP contribution < -0.4 is 10.1 Å². The van der Waals surface area contributed by atoms with Crippen molar-refractivity contribution < 1.29 is 9.84 Å². The van der Waals surface area contributed by atoms with Crippen LogP contribution in [0.1, 0.15) is 48.8 Å². The van der Waals surface area contributed by atoms with Crippen molar-refractivity contribution in [1.29, 1.82) is 0 Å². The maximum Gasteiger partial charge on any atom is 0.119 e. The van der Waals surface area contributed by atoms with Gasteiger partial charge in [0.2, 0.25) is 0 Å². The number of hydrogen-bond donors (Lipinski definition) is 2. The standard InChI is InChI=1S/C21H26ClNO2/c1-25-20-10-4-6-16(13-20)15-5-3-9-19(12-15)23-14-21(24)17-7-2-8-18(22)11-17/h2,4,6-8,10-11,13,15,19,21,23-24H,3,5,9,12,14H2,1H3/t15?,19?,21-/m0/s1. The molecule has 0 saturated heterocycles. The zero-order valence-electron chi connectivity index (χ0n) is 14.6. The van der Waals surface area contributed by atoms with Gasteiger partial charge >= 0.3 is 0 Å². The van der Waals surface area contributed by atoms with Gasteiger partial charge in [-0.15, -0.1) is 0 Å². The molecule has 0 spiro atoms. The van der Waals surface area contributed by atoms with Crippen molar-refractivity contribution >= 4 is 11.6 Å². The second-order valence-electron chi connectivity index (χ2n) is 6.82. The highest BCUT2D eigenvalue weighted by Gasteiger charge is 2.24. The molecule has 3 atom stereocenters. The average molecular weight is 360 g/mol. The van der Waals surface area contributed by atoms with Crippen LogP contribution in [-0.2, 0) is 0 Å². The SMILES string of the molecule is COc1cccc(C2CCCC(NC[C@H](O)c3cccc(Cl)c3)C2)c1. The minimum Gasteiger partial charge on any atom is -0.497 e. The smallest absolute Gasteiger partial charge is 0.119 e. The molecule has 2 aromatic rings. The molecular weight excluding hydrogens is 334 g/mol. The van der Waals surface area contributed by atoms with E-state index in [9.17, 15) is 5.11 Å². The maximum atomic E-state index is 10.4. The molecule has 1 fully saturated rings. The van der Waals surface area contributed by atoms with E-state index in [0.29, 0.717) is 23.5 Å². The number of hydrogen-bond acceptors (Lipinski definition) is 3. The second-order valence-corrected chi connectivity index (χ2v) is 7.25. The molecule has 2 unspecified atom stereocenters. The number of aliphatic hydroxyl groups is 1. The number of aliphatic hydroxyl groups excluding tert-OH is 1. The summed E-state index contributed by atoms with van der Waals surface area (Å²) in [6, 6.07) is 16.3. The first-order valence-corrected chi connectivity index (χ1v) is 9.34. The molecule has 134 valence electrons. The first-order valence-electron chi connectivity index (χ1n) is 8.96. The Hall–Kier alpha value is -1.55. The fourth-order valence-corrected chi connectivity index (χ4v) is 3.88. The molecule has 2 N–H and O–H groups in total. The average Bonchev–Trinajstić information content (AvgIpc) is 2.66. The van der Waals surface area contributed by atoms with Crippen LogP contribution in [0.5, 0.6) is 5.75 Å². The van der Waals surface area contributed by atoms with E-state index in [0.717, 1.165) is 24.2 Å². The lowest BCUT2D eigenvalue weighted by Crippen LogP contribution is -2.36. The van der Waals surface area contributed by atoms with Crippen LogP contribution in [0.4, 0.5) is 0 Å². The highest BCUT2D eigenvalue weighted by molar-refractivity contribution is 6.30. The molecular formula is C21H26ClNO2. The number of halogens is 1. The van der Waals surface area contributed by atoms with Crippen molar-refractivity contribution in [1.82, 2.24) is 5.32 Å². The van der Waals surface area contributed by atoms with Crippen LogP contribution in [0.3, 0.4) is 0 Å². The van der Waals surface area contributed by atoms with Gasteiger partial charge in [-0.2, -0.15) is 0 Å². The summed E-state index contributed by atoms with van der Waals surface area (Å²) < 4.78 is 5.35. The molecule has 25 heavy (non-hydrogen) atoms. The number of ether oxygens (including phenoxy) is 1. The van der Waals surface area contributed by atoms with Gasteiger partial charge in [-0.05, 0) is 60.6 Å². The number of benzene rings is 2. The van der Waals surface area contributed by atoms with Crippen molar-refractivity contribution in [2.24, 2.45) is 0 Å². The van der Waals surface area contributed by atoms with Crippen molar-refractivity contribution in [2.45, 2.75) is 43.7 Å². The Balaban J connectivity index is 1.56. The Kier molecular flexibility index (Phi) is 6.35. The van der Waals surface area contributed by atoms with Gasteiger partial charge in [0.1, 0.15) is 5.75 Å². The molecule has 0 aliphatic heterocycles. The predicted molar refractivity (Wildman–Crippen MR) is 102 cm³/mol. The summed E-state index contributed by atoms with van der Waals surface area (Å²) in [4.78, 5) is 0.